The van der Waals surface area contributed by atoms with E-state index in [1.165, 1.54) is 0 Å². The maximum atomic E-state index is 13.9. The third kappa shape index (κ3) is 4.72. The van der Waals surface area contributed by atoms with Crippen molar-refractivity contribution < 1.29 is 9.13 Å². The van der Waals surface area contributed by atoms with Crippen LogP contribution in [0, 0.1) is 5.82 Å². The lowest BCUT2D eigenvalue weighted by Gasteiger charge is -2.18. The number of benzene rings is 1. The van der Waals surface area contributed by atoms with E-state index < -0.39 is 0 Å². The van der Waals surface area contributed by atoms with Gasteiger partial charge in [0, 0.05) is 30.8 Å². The Morgan fingerprint density at radius 1 is 1.33 bits per heavy atom. The molecule has 2 N–H and O–H groups in total. The highest BCUT2D eigenvalue weighted by Gasteiger charge is 2.09. The fourth-order valence-electron chi connectivity index (χ4n) is 1.73. The van der Waals surface area contributed by atoms with Crippen molar-refractivity contribution in [1.82, 2.24) is 4.90 Å². The van der Waals surface area contributed by atoms with Crippen LogP contribution < -0.4 is 5.73 Å². The molecule has 0 aliphatic rings. The Kier molecular flexibility index (Phi) is 6.25. The molecule has 0 saturated carbocycles. The molecule has 0 spiro atoms. The first-order valence-electron chi connectivity index (χ1n) is 6.31. The Bertz CT molecular complexity index is 369. The molecular weight excluding hydrogens is 231 g/mol. The first kappa shape index (κ1) is 15.1. The summed E-state index contributed by atoms with van der Waals surface area (Å²) in [5.41, 5.74) is 6.74. The van der Waals surface area contributed by atoms with E-state index in [0.29, 0.717) is 24.3 Å². The second kappa shape index (κ2) is 7.46. The van der Waals surface area contributed by atoms with Gasteiger partial charge in [0.15, 0.2) is 0 Å². The summed E-state index contributed by atoms with van der Waals surface area (Å²) in [6.45, 7) is 6.26. The lowest BCUT2D eigenvalue weighted by Crippen LogP contribution is -2.24. The minimum absolute atomic E-state index is 0.184. The van der Waals surface area contributed by atoms with Crippen molar-refractivity contribution in [2.75, 3.05) is 20.2 Å². The van der Waals surface area contributed by atoms with Crippen molar-refractivity contribution >= 4 is 0 Å². The van der Waals surface area contributed by atoms with Crippen LogP contribution in [0.5, 0.6) is 0 Å². The van der Waals surface area contributed by atoms with Crippen LogP contribution in [0.1, 0.15) is 25.0 Å². The van der Waals surface area contributed by atoms with E-state index in [9.17, 15) is 4.39 Å². The fraction of sp³-hybridized carbons (Fsp3) is 0.571. The third-order valence-corrected chi connectivity index (χ3v) is 2.74. The highest BCUT2D eigenvalue weighted by atomic mass is 19.1. The van der Waals surface area contributed by atoms with Crippen molar-refractivity contribution in [3.05, 3.63) is 35.1 Å². The van der Waals surface area contributed by atoms with Crippen molar-refractivity contribution in [2.24, 2.45) is 5.73 Å². The van der Waals surface area contributed by atoms with Crippen LogP contribution in [0.4, 0.5) is 4.39 Å². The molecule has 0 aliphatic carbocycles. The summed E-state index contributed by atoms with van der Waals surface area (Å²) in [5, 5.41) is 0. The highest BCUT2D eigenvalue weighted by molar-refractivity contribution is 5.25. The molecule has 0 saturated heterocycles. The second-order valence-corrected chi connectivity index (χ2v) is 4.75. The van der Waals surface area contributed by atoms with Gasteiger partial charge in [-0.15, -0.1) is 0 Å². The molecule has 18 heavy (non-hydrogen) atoms. The molecule has 4 heteroatoms. The third-order valence-electron chi connectivity index (χ3n) is 2.74. The SMILES string of the molecule is CC(C)OCCN(C)Cc1cccc(CN)c1F. The molecule has 0 amide bonds. The van der Waals surface area contributed by atoms with E-state index >= 15 is 0 Å². The standard InChI is InChI=1S/C14H23FN2O/c1-11(2)18-8-7-17(3)10-13-6-4-5-12(9-16)14(13)15/h4-6,11H,7-10,16H2,1-3H3. The van der Waals surface area contributed by atoms with Gasteiger partial charge in [-0.1, -0.05) is 18.2 Å². The minimum atomic E-state index is -0.184. The Balaban J connectivity index is 2.51. The highest BCUT2D eigenvalue weighted by Crippen LogP contribution is 2.14. The van der Waals surface area contributed by atoms with Crippen LogP contribution in [0.2, 0.25) is 0 Å². The summed E-state index contributed by atoms with van der Waals surface area (Å²) in [7, 11) is 1.96. The molecule has 102 valence electrons. The molecule has 0 radical (unpaired) electrons. The van der Waals surface area contributed by atoms with Crippen molar-refractivity contribution in [1.29, 1.82) is 0 Å². The van der Waals surface area contributed by atoms with Gasteiger partial charge in [0.1, 0.15) is 5.82 Å². The summed E-state index contributed by atoms with van der Waals surface area (Å²) in [6.07, 6.45) is 0.232. The molecule has 1 aromatic carbocycles. The van der Waals surface area contributed by atoms with Crippen LogP contribution in [0.15, 0.2) is 18.2 Å². The summed E-state index contributed by atoms with van der Waals surface area (Å²) in [4.78, 5) is 2.04. The Morgan fingerprint density at radius 3 is 2.61 bits per heavy atom. The first-order chi connectivity index (χ1) is 8.54. The number of halogens is 1. The van der Waals surface area contributed by atoms with E-state index in [1.54, 1.807) is 12.1 Å². The largest absolute Gasteiger partial charge is 0.377 e. The zero-order valence-electron chi connectivity index (χ0n) is 11.4. The molecule has 1 aromatic rings. The van der Waals surface area contributed by atoms with Gasteiger partial charge in [-0.05, 0) is 20.9 Å². The predicted molar refractivity (Wildman–Crippen MR) is 71.7 cm³/mol. The number of hydrogen-bond donors (Lipinski definition) is 1. The molecule has 0 aromatic heterocycles. The van der Waals surface area contributed by atoms with Gasteiger partial charge in [-0.2, -0.15) is 0 Å². The monoisotopic (exact) mass is 254 g/mol. The van der Waals surface area contributed by atoms with Crippen LogP contribution >= 0.6 is 0 Å². The van der Waals surface area contributed by atoms with E-state index in [0.717, 1.165) is 6.54 Å². The van der Waals surface area contributed by atoms with Gasteiger partial charge in [0.05, 0.1) is 12.7 Å². The summed E-state index contributed by atoms with van der Waals surface area (Å²) in [5.74, 6) is -0.184. The van der Waals surface area contributed by atoms with Crippen LogP contribution in [-0.2, 0) is 17.8 Å². The molecule has 0 aliphatic heterocycles. The molecule has 1 rings (SSSR count). The van der Waals surface area contributed by atoms with Gasteiger partial charge < -0.3 is 10.5 Å². The van der Waals surface area contributed by atoms with Gasteiger partial charge in [0.25, 0.3) is 0 Å². The van der Waals surface area contributed by atoms with Crippen LogP contribution in [0.3, 0.4) is 0 Å². The van der Waals surface area contributed by atoms with E-state index in [4.69, 9.17) is 10.5 Å². The Hall–Kier alpha value is -0.970. The normalized spacial score (nSPS) is 11.5. The topological polar surface area (TPSA) is 38.5 Å². The minimum Gasteiger partial charge on any atom is -0.377 e. The number of ether oxygens (including phenoxy) is 1. The maximum absolute atomic E-state index is 13.9. The smallest absolute Gasteiger partial charge is 0.132 e. The zero-order chi connectivity index (χ0) is 13.5. The van der Waals surface area contributed by atoms with Crippen molar-refractivity contribution in [2.45, 2.75) is 33.0 Å². The summed E-state index contributed by atoms with van der Waals surface area (Å²) in [6, 6.07) is 5.37. The fourth-order valence-corrected chi connectivity index (χ4v) is 1.73. The quantitative estimate of drug-likeness (QED) is 0.810. The molecular formula is C14H23FN2O. The average molecular weight is 254 g/mol. The Morgan fingerprint density at radius 2 is 2.00 bits per heavy atom. The van der Waals surface area contributed by atoms with E-state index in [2.05, 4.69) is 0 Å². The van der Waals surface area contributed by atoms with Crippen LogP contribution in [0.25, 0.3) is 0 Å². The Labute approximate surface area is 109 Å². The number of rotatable bonds is 7. The summed E-state index contributed by atoms with van der Waals surface area (Å²) < 4.78 is 19.4. The van der Waals surface area contributed by atoms with Crippen molar-refractivity contribution in [3.63, 3.8) is 0 Å². The molecule has 0 fully saturated rings. The average Bonchev–Trinajstić information content (AvgIpc) is 2.31. The lowest BCUT2D eigenvalue weighted by atomic mass is 10.1. The molecule has 0 unspecified atom stereocenters. The van der Waals surface area contributed by atoms with Gasteiger partial charge >= 0.3 is 0 Å². The molecule has 0 heterocycles. The van der Waals surface area contributed by atoms with Gasteiger partial charge in [-0.25, -0.2) is 4.39 Å². The number of hydrogen-bond acceptors (Lipinski definition) is 3. The van der Waals surface area contributed by atoms with E-state index in [-0.39, 0.29) is 18.5 Å². The van der Waals surface area contributed by atoms with E-state index in [1.807, 2.05) is 31.9 Å². The number of nitrogens with two attached hydrogens (primary N) is 1. The lowest BCUT2D eigenvalue weighted by molar-refractivity contribution is 0.0625. The van der Waals surface area contributed by atoms with Crippen LogP contribution in [-0.4, -0.2) is 31.2 Å². The zero-order valence-corrected chi connectivity index (χ0v) is 11.4. The summed E-state index contributed by atoms with van der Waals surface area (Å²) >= 11 is 0. The van der Waals surface area contributed by atoms with Gasteiger partial charge in [0.2, 0.25) is 0 Å². The van der Waals surface area contributed by atoms with Gasteiger partial charge in [-0.3, -0.25) is 4.90 Å². The number of nitrogens with zero attached hydrogens (tertiary/aromatic N) is 1. The molecule has 0 bridgehead atoms. The molecule has 3 nitrogen and oxygen atoms in total. The predicted octanol–water partition coefficient (Wildman–Crippen LogP) is 2.14. The second-order valence-electron chi connectivity index (χ2n) is 4.75. The molecule has 0 atom stereocenters. The first-order valence-corrected chi connectivity index (χ1v) is 6.31. The van der Waals surface area contributed by atoms with Crippen molar-refractivity contribution in [3.8, 4) is 0 Å². The maximum Gasteiger partial charge on any atom is 0.132 e. The number of likely N-dealkylation sites (N-methyl/N-ethyl adjacent to an activating group) is 1.